The van der Waals surface area contributed by atoms with Crippen LogP contribution in [0, 0.1) is 0 Å². The molecule has 1 aliphatic rings. The standard InChI is InChI=1S/C16H21N3/c17-11-10-14-6-3-4-12-19(14)16-9-8-13-5-1-2-7-15(13)18-16/h1-2,5,7-9,14H,3-4,6,10-12,17H2. The molecule has 1 unspecified atom stereocenters. The van der Waals surface area contributed by atoms with Crippen molar-refractivity contribution < 1.29 is 0 Å². The van der Waals surface area contributed by atoms with Crippen molar-refractivity contribution in [1.82, 2.24) is 4.98 Å². The number of anilines is 1. The molecule has 1 aromatic heterocycles. The Morgan fingerprint density at radius 2 is 2.05 bits per heavy atom. The third-order valence-electron chi connectivity index (χ3n) is 4.01. The van der Waals surface area contributed by atoms with E-state index in [-0.39, 0.29) is 0 Å². The SMILES string of the molecule is NCCC1CCCCN1c1ccc2ccccc2n1. The Kier molecular flexibility index (Phi) is 3.65. The first kappa shape index (κ1) is 12.4. The van der Waals surface area contributed by atoms with Crippen LogP contribution in [0.25, 0.3) is 10.9 Å². The van der Waals surface area contributed by atoms with Crippen molar-refractivity contribution in [2.75, 3.05) is 18.0 Å². The fraction of sp³-hybridized carbons (Fsp3) is 0.438. The van der Waals surface area contributed by atoms with Gasteiger partial charge in [0.05, 0.1) is 5.52 Å². The van der Waals surface area contributed by atoms with E-state index in [1.807, 2.05) is 6.07 Å². The van der Waals surface area contributed by atoms with Gasteiger partial charge in [0.15, 0.2) is 0 Å². The molecule has 3 nitrogen and oxygen atoms in total. The summed E-state index contributed by atoms with van der Waals surface area (Å²) in [6.45, 7) is 1.87. The van der Waals surface area contributed by atoms with E-state index in [0.717, 1.165) is 30.8 Å². The summed E-state index contributed by atoms with van der Waals surface area (Å²) in [6.07, 6.45) is 4.88. The first-order valence-electron chi connectivity index (χ1n) is 7.21. The summed E-state index contributed by atoms with van der Waals surface area (Å²) in [7, 11) is 0. The summed E-state index contributed by atoms with van der Waals surface area (Å²) in [4.78, 5) is 7.26. The second-order valence-corrected chi connectivity index (χ2v) is 5.28. The van der Waals surface area contributed by atoms with E-state index in [2.05, 4.69) is 35.2 Å². The number of pyridine rings is 1. The maximum atomic E-state index is 5.74. The van der Waals surface area contributed by atoms with Crippen LogP contribution in [0.2, 0.25) is 0 Å². The van der Waals surface area contributed by atoms with Gasteiger partial charge in [-0.3, -0.25) is 0 Å². The highest BCUT2D eigenvalue weighted by atomic mass is 15.2. The Labute approximate surface area is 114 Å². The Bertz CT molecular complexity index is 550. The van der Waals surface area contributed by atoms with Crippen molar-refractivity contribution in [3.05, 3.63) is 36.4 Å². The lowest BCUT2D eigenvalue weighted by Gasteiger charge is -2.36. The third kappa shape index (κ3) is 2.56. The molecule has 1 aromatic carbocycles. The molecule has 19 heavy (non-hydrogen) atoms. The Morgan fingerprint density at radius 1 is 1.16 bits per heavy atom. The first-order chi connectivity index (χ1) is 9.38. The second kappa shape index (κ2) is 5.57. The molecule has 2 aromatic rings. The molecule has 3 heteroatoms. The second-order valence-electron chi connectivity index (χ2n) is 5.28. The summed E-state index contributed by atoms with van der Waals surface area (Å²) in [5.41, 5.74) is 6.82. The van der Waals surface area contributed by atoms with Gasteiger partial charge < -0.3 is 10.6 Å². The molecule has 100 valence electrons. The van der Waals surface area contributed by atoms with Gasteiger partial charge >= 0.3 is 0 Å². The number of fused-ring (bicyclic) bond motifs is 1. The van der Waals surface area contributed by atoms with Crippen molar-refractivity contribution in [3.63, 3.8) is 0 Å². The number of rotatable bonds is 3. The lowest BCUT2D eigenvalue weighted by atomic mass is 9.99. The van der Waals surface area contributed by atoms with Gasteiger partial charge in [0.1, 0.15) is 5.82 Å². The number of nitrogens with two attached hydrogens (primary N) is 1. The van der Waals surface area contributed by atoms with Gasteiger partial charge in [-0.15, -0.1) is 0 Å². The minimum absolute atomic E-state index is 0.562. The molecule has 3 rings (SSSR count). The quantitative estimate of drug-likeness (QED) is 0.917. The number of hydrogen-bond acceptors (Lipinski definition) is 3. The van der Waals surface area contributed by atoms with Gasteiger partial charge in [0, 0.05) is 18.0 Å². The Balaban J connectivity index is 1.92. The van der Waals surface area contributed by atoms with E-state index in [1.54, 1.807) is 0 Å². The summed E-state index contributed by atoms with van der Waals surface area (Å²) in [5.74, 6) is 1.11. The fourth-order valence-corrected chi connectivity index (χ4v) is 3.01. The summed E-state index contributed by atoms with van der Waals surface area (Å²) < 4.78 is 0. The van der Waals surface area contributed by atoms with Crippen LogP contribution in [0.15, 0.2) is 36.4 Å². The molecule has 0 spiro atoms. The van der Waals surface area contributed by atoms with E-state index < -0.39 is 0 Å². The molecule has 0 bridgehead atoms. The van der Waals surface area contributed by atoms with Gasteiger partial charge in [-0.2, -0.15) is 0 Å². The smallest absolute Gasteiger partial charge is 0.129 e. The highest BCUT2D eigenvalue weighted by Gasteiger charge is 2.22. The van der Waals surface area contributed by atoms with Crippen LogP contribution in [-0.4, -0.2) is 24.1 Å². The third-order valence-corrected chi connectivity index (χ3v) is 4.01. The number of benzene rings is 1. The van der Waals surface area contributed by atoms with E-state index in [1.165, 1.54) is 24.6 Å². The Hall–Kier alpha value is -1.61. The van der Waals surface area contributed by atoms with E-state index >= 15 is 0 Å². The van der Waals surface area contributed by atoms with E-state index in [9.17, 15) is 0 Å². The highest BCUT2D eigenvalue weighted by Crippen LogP contribution is 2.26. The topological polar surface area (TPSA) is 42.1 Å². The lowest BCUT2D eigenvalue weighted by molar-refractivity contribution is 0.439. The van der Waals surface area contributed by atoms with Crippen LogP contribution in [0.1, 0.15) is 25.7 Å². The zero-order valence-electron chi connectivity index (χ0n) is 11.3. The van der Waals surface area contributed by atoms with Gasteiger partial charge in [-0.25, -0.2) is 4.98 Å². The predicted octanol–water partition coefficient (Wildman–Crippen LogP) is 2.94. The zero-order chi connectivity index (χ0) is 13.1. The van der Waals surface area contributed by atoms with Crippen LogP contribution >= 0.6 is 0 Å². The van der Waals surface area contributed by atoms with Crippen molar-refractivity contribution in [3.8, 4) is 0 Å². The summed E-state index contributed by atoms with van der Waals surface area (Å²) >= 11 is 0. The number of piperidine rings is 1. The molecule has 2 N–H and O–H groups in total. The highest BCUT2D eigenvalue weighted by molar-refractivity contribution is 5.80. The molecule has 1 atom stereocenters. The van der Waals surface area contributed by atoms with E-state index in [4.69, 9.17) is 10.7 Å². The van der Waals surface area contributed by atoms with Crippen LogP contribution in [0.3, 0.4) is 0 Å². The molecule has 1 fully saturated rings. The minimum Gasteiger partial charge on any atom is -0.354 e. The zero-order valence-corrected chi connectivity index (χ0v) is 11.3. The fourth-order valence-electron chi connectivity index (χ4n) is 3.01. The van der Waals surface area contributed by atoms with Crippen LogP contribution in [-0.2, 0) is 0 Å². The molecule has 1 aliphatic heterocycles. The average Bonchev–Trinajstić information content (AvgIpc) is 2.48. The van der Waals surface area contributed by atoms with E-state index in [0.29, 0.717) is 6.04 Å². The van der Waals surface area contributed by atoms with Gasteiger partial charge in [-0.1, -0.05) is 18.2 Å². The van der Waals surface area contributed by atoms with Crippen molar-refractivity contribution in [2.45, 2.75) is 31.7 Å². The monoisotopic (exact) mass is 255 g/mol. The Morgan fingerprint density at radius 3 is 2.95 bits per heavy atom. The minimum atomic E-state index is 0.562. The average molecular weight is 255 g/mol. The number of hydrogen-bond donors (Lipinski definition) is 1. The van der Waals surface area contributed by atoms with Crippen molar-refractivity contribution >= 4 is 16.7 Å². The maximum Gasteiger partial charge on any atom is 0.129 e. The molecular weight excluding hydrogens is 234 g/mol. The van der Waals surface area contributed by atoms with Crippen molar-refractivity contribution in [1.29, 1.82) is 0 Å². The van der Waals surface area contributed by atoms with Crippen LogP contribution in [0.4, 0.5) is 5.82 Å². The van der Waals surface area contributed by atoms with Gasteiger partial charge in [0.25, 0.3) is 0 Å². The predicted molar refractivity (Wildman–Crippen MR) is 80.4 cm³/mol. The van der Waals surface area contributed by atoms with Crippen molar-refractivity contribution in [2.24, 2.45) is 5.73 Å². The molecule has 2 heterocycles. The molecule has 0 amide bonds. The molecular formula is C16H21N3. The first-order valence-corrected chi connectivity index (χ1v) is 7.21. The molecule has 0 aliphatic carbocycles. The molecule has 0 radical (unpaired) electrons. The number of aromatic nitrogens is 1. The van der Waals surface area contributed by atoms with Crippen LogP contribution in [0.5, 0.6) is 0 Å². The molecule has 0 saturated carbocycles. The van der Waals surface area contributed by atoms with Crippen LogP contribution < -0.4 is 10.6 Å². The maximum absolute atomic E-state index is 5.74. The number of nitrogens with zero attached hydrogens (tertiary/aromatic N) is 2. The number of para-hydroxylation sites is 1. The van der Waals surface area contributed by atoms with Gasteiger partial charge in [0.2, 0.25) is 0 Å². The summed E-state index contributed by atoms with van der Waals surface area (Å²) in [5, 5.41) is 1.21. The lowest BCUT2D eigenvalue weighted by Crippen LogP contribution is -2.41. The summed E-state index contributed by atoms with van der Waals surface area (Å²) in [6, 6.07) is 13.2. The molecule has 1 saturated heterocycles. The van der Waals surface area contributed by atoms with Gasteiger partial charge in [-0.05, 0) is 50.4 Å². The largest absolute Gasteiger partial charge is 0.354 e. The normalized spacial score (nSPS) is 19.8.